The summed E-state index contributed by atoms with van der Waals surface area (Å²) >= 11 is 0. The second-order valence-corrected chi connectivity index (χ2v) is 6.01. The van der Waals surface area contributed by atoms with E-state index in [9.17, 15) is 8.42 Å². The Morgan fingerprint density at radius 2 is 2.00 bits per heavy atom. The van der Waals surface area contributed by atoms with Crippen molar-refractivity contribution in [2.24, 2.45) is 5.92 Å². The molecule has 0 aliphatic rings. The first-order chi connectivity index (χ1) is 8.42. The zero-order valence-corrected chi connectivity index (χ0v) is 11.9. The zero-order valence-electron chi connectivity index (χ0n) is 11.1. The highest BCUT2D eigenvalue weighted by molar-refractivity contribution is 7.89. The largest absolute Gasteiger partial charge is 0.396 e. The quantitative estimate of drug-likeness (QED) is 0.825. The molecule has 1 atom stereocenters. The van der Waals surface area contributed by atoms with E-state index in [1.54, 1.807) is 6.07 Å². The van der Waals surface area contributed by atoms with Crippen molar-refractivity contribution in [3.63, 3.8) is 0 Å². The summed E-state index contributed by atoms with van der Waals surface area (Å²) in [6.45, 7) is 5.97. The first-order valence-corrected chi connectivity index (χ1v) is 7.63. The number of pyridine rings is 1. The van der Waals surface area contributed by atoms with Crippen LogP contribution in [0.15, 0.2) is 23.4 Å². The Labute approximate surface area is 109 Å². The van der Waals surface area contributed by atoms with Crippen molar-refractivity contribution < 1.29 is 8.42 Å². The van der Waals surface area contributed by atoms with Crippen LogP contribution in [-0.2, 0) is 10.0 Å². The number of sulfonamides is 1. The number of aromatic nitrogens is 1. The van der Waals surface area contributed by atoms with Gasteiger partial charge in [0.1, 0.15) is 0 Å². The highest BCUT2D eigenvalue weighted by atomic mass is 32.2. The summed E-state index contributed by atoms with van der Waals surface area (Å²) in [6, 6.07) is 3.01. The van der Waals surface area contributed by atoms with Crippen molar-refractivity contribution in [3.8, 4) is 0 Å². The number of hydrogen-bond acceptors (Lipinski definition) is 4. The lowest BCUT2D eigenvalue weighted by Crippen LogP contribution is -2.38. The molecular weight excluding hydrogens is 250 g/mol. The van der Waals surface area contributed by atoms with Gasteiger partial charge in [-0.3, -0.25) is 0 Å². The van der Waals surface area contributed by atoms with E-state index >= 15 is 0 Å². The van der Waals surface area contributed by atoms with Gasteiger partial charge in [0.15, 0.2) is 5.03 Å². The molecule has 1 aromatic rings. The Bertz CT molecular complexity index is 484. The highest BCUT2D eigenvalue weighted by Crippen LogP contribution is 2.18. The van der Waals surface area contributed by atoms with E-state index in [4.69, 9.17) is 5.73 Å². The van der Waals surface area contributed by atoms with Crippen LogP contribution in [0.5, 0.6) is 0 Å². The molecule has 3 N–H and O–H groups in total. The Morgan fingerprint density at radius 3 is 2.50 bits per heavy atom. The molecule has 0 spiro atoms. The third-order valence-electron chi connectivity index (χ3n) is 3.15. The zero-order chi connectivity index (χ0) is 13.8. The Balaban J connectivity index is 2.93. The normalized spacial score (nSPS) is 13.8. The minimum atomic E-state index is -3.64. The number of nitrogen functional groups attached to an aromatic ring is 1. The van der Waals surface area contributed by atoms with Gasteiger partial charge in [0, 0.05) is 12.2 Å². The fourth-order valence-electron chi connectivity index (χ4n) is 2.02. The molecule has 0 amide bonds. The third-order valence-corrected chi connectivity index (χ3v) is 4.68. The van der Waals surface area contributed by atoms with Gasteiger partial charge in [-0.05, 0) is 25.0 Å². The molecule has 1 aromatic heterocycles. The minimum Gasteiger partial charge on any atom is -0.396 e. The van der Waals surface area contributed by atoms with Crippen molar-refractivity contribution in [1.29, 1.82) is 0 Å². The monoisotopic (exact) mass is 271 g/mol. The van der Waals surface area contributed by atoms with E-state index in [1.807, 2.05) is 20.8 Å². The summed E-state index contributed by atoms with van der Waals surface area (Å²) < 4.78 is 26.9. The van der Waals surface area contributed by atoms with Crippen LogP contribution in [0.4, 0.5) is 5.69 Å². The molecule has 1 unspecified atom stereocenters. The average Bonchev–Trinajstić information content (AvgIpc) is 2.30. The van der Waals surface area contributed by atoms with Gasteiger partial charge in [-0.25, -0.2) is 18.1 Å². The van der Waals surface area contributed by atoms with E-state index in [2.05, 4.69) is 9.71 Å². The van der Waals surface area contributed by atoms with Gasteiger partial charge in [-0.1, -0.05) is 26.7 Å². The Morgan fingerprint density at radius 1 is 1.39 bits per heavy atom. The van der Waals surface area contributed by atoms with Gasteiger partial charge < -0.3 is 5.73 Å². The van der Waals surface area contributed by atoms with Gasteiger partial charge in [-0.15, -0.1) is 0 Å². The summed E-state index contributed by atoms with van der Waals surface area (Å²) in [7, 11) is -3.64. The molecule has 0 bridgehead atoms. The van der Waals surface area contributed by atoms with Crippen molar-refractivity contribution in [2.45, 2.75) is 44.7 Å². The van der Waals surface area contributed by atoms with Crippen molar-refractivity contribution in [3.05, 3.63) is 18.3 Å². The molecule has 0 aromatic carbocycles. The van der Waals surface area contributed by atoms with Gasteiger partial charge in [-0.2, -0.15) is 0 Å². The number of anilines is 1. The van der Waals surface area contributed by atoms with E-state index in [1.165, 1.54) is 12.3 Å². The lowest BCUT2D eigenvalue weighted by molar-refractivity contribution is 0.390. The van der Waals surface area contributed by atoms with Crippen LogP contribution in [0, 0.1) is 5.92 Å². The SMILES string of the molecule is CCC(CC)C(C)NS(=O)(=O)c1ncccc1N. The number of hydrogen-bond donors (Lipinski definition) is 2. The van der Waals surface area contributed by atoms with Crippen LogP contribution in [0.3, 0.4) is 0 Å². The molecule has 0 aliphatic carbocycles. The standard InChI is InChI=1S/C12H21N3O2S/c1-4-10(5-2)9(3)15-18(16,17)12-11(13)7-6-8-14-12/h6-10,15H,4-5,13H2,1-3H3. The smallest absolute Gasteiger partial charge is 0.260 e. The molecule has 0 saturated heterocycles. The average molecular weight is 271 g/mol. The Hall–Kier alpha value is -1.14. The molecule has 5 nitrogen and oxygen atoms in total. The first kappa shape index (κ1) is 14.9. The summed E-state index contributed by atoms with van der Waals surface area (Å²) in [5, 5.41) is -0.0946. The lowest BCUT2D eigenvalue weighted by atomic mass is 9.96. The molecule has 18 heavy (non-hydrogen) atoms. The molecular formula is C12H21N3O2S. The van der Waals surface area contributed by atoms with E-state index < -0.39 is 10.0 Å². The number of nitrogens with one attached hydrogen (secondary N) is 1. The predicted octanol–water partition coefficient (Wildman–Crippen LogP) is 1.77. The molecule has 0 fully saturated rings. The summed E-state index contributed by atoms with van der Waals surface area (Å²) in [4.78, 5) is 3.84. The van der Waals surface area contributed by atoms with Gasteiger partial charge in [0.05, 0.1) is 5.69 Å². The van der Waals surface area contributed by atoms with Crippen molar-refractivity contribution >= 4 is 15.7 Å². The molecule has 6 heteroatoms. The van der Waals surface area contributed by atoms with Gasteiger partial charge in [0.25, 0.3) is 10.0 Å². The summed E-state index contributed by atoms with van der Waals surface area (Å²) in [5.74, 6) is 0.310. The van der Waals surface area contributed by atoms with Crippen LogP contribution < -0.4 is 10.5 Å². The number of rotatable bonds is 6. The maximum Gasteiger partial charge on any atom is 0.260 e. The molecule has 1 rings (SSSR count). The molecule has 1 heterocycles. The highest BCUT2D eigenvalue weighted by Gasteiger charge is 2.24. The maximum atomic E-state index is 12.1. The van der Waals surface area contributed by atoms with Crippen LogP contribution in [-0.4, -0.2) is 19.4 Å². The van der Waals surface area contributed by atoms with Gasteiger partial charge in [0.2, 0.25) is 0 Å². The molecule has 0 radical (unpaired) electrons. The predicted molar refractivity (Wildman–Crippen MR) is 72.5 cm³/mol. The number of nitrogens with two attached hydrogens (primary N) is 1. The summed E-state index contributed by atoms with van der Waals surface area (Å²) in [5.41, 5.74) is 5.81. The van der Waals surface area contributed by atoms with Gasteiger partial charge >= 0.3 is 0 Å². The fourth-order valence-corrected chi connectivity index (χ4v) is 3.39. The fraction of sp³-hybridized carbons (Fsp3) is 0.583. The maximum absolute atomic E-state index is 12.1. The Kier molecular flexibility index (Phi) is 5.10. The van der Waals surface area contributed by atoms with Crippen molar-refractivity contribution in [2.75, 3.05) is 5.73 Å². The minimum absolute atomic E-state index is 0.0946. The lowest BCUT2D eigenvalue weighted by Gasteiger charge is -2.22. The molecule has 0 saturated carbocycles. The molecule has 0 aliphatic heterocycles. The van der Waals surface area contributed by atoms with Crippen LogP contribution in [0.2, 0.25) is 0 Å². The van der Waals surface area contributed by atoms with E-state index in [0.717, 1.165) is 12.8 Å². The van der Waals surface area contributed by atoms with E-state index in [-0.39, 0.29) is 16.8 Å². The van der Waals surface area contributed by atoms with E-state index in [0.29, 0.717) is 5.92 Å². The number of nitrogens with zero attached hydrogens (tertiary/aromatic N) is 1. The topological polar surface area (TPSA) is 85.1 Å². The third kappa shape index (κ3) is 3.43. The van der Waals surface area contributed by atoms with Crippen molar-refractivity contribution in [1.82, 2.24) is 9.71 Å². The second-order valence-electron chi connectivity index (χ2n) is 4.38. The van der Waals surface area contributed by atoms with Crippen LogP contribution in [0.25, 0.3) is 0 Å². The summed E-state index contributed by atoms with van der Waals surface area (Å²) in [6.07, 6.45) is 3.28. The van der Waals surface area contributed by atoms with Crippen LogP contribution >= 0.6 is 0 Å². The second kappa shape index (κ2) is 6.15. The first-order valence-electron chi connectivity index (χ1n) is 6.15. The van der Waals surface area contributed by atoms with Crippen LogP contribution in [0.1, 0.15) is 33.6 Å². The molecule has 102 valence electrons.